The van der Waals surface area contributed by atoms with E-state index in [0.717, 1.165) is 28.0 Å². The number of hydrogen-bond acceptors (Lipinski definition) is 12. The summed E-state index contributed by atoms with van der Waals surface area (Å²) in [6, 6.07) is 16.7. The van der Waals surface area contributed by atoms with Crippen LogP contribution in [0.5, 0.6) is 5.75 Å². The first kappa shape index (κ1) is 44.1. The zero-order valence-electron chi connectivity index (χ0n) is 35.1. The standard InChI is InChI=1S/C45H58N8O7/c1-27-19-28(2)37(34(54)20-27)45(3,4)22-36(55)52-33(43(58)48-18-17-29-11-14-32(59-5)15-12-29)16-13-31(24-47-23-30-9-7-6-8-10-30)21-35-39(56)40(57)44(60-35)53-26-51-38-41(46)49-25-50-42(38)53/h6-12,14-15,20,25-26,31,33,35,39-40,44,47,56-57H,13,16-19,21-24H2,1-5H3,(H,48,58)(H,52,55)(H2,46,49,50)/t31-,33-,35+,39?,40?,44+/m0/s1. The van der Waals surface area contributed by atoms with Gasteiger partial charge in [0.25, 0.3) is 0 Å². The molecule has 1 fully saturated rings. The van der Waals surface area contributed by atoms with E-state index in [1.54, 1.807) is 17.8 Å². The highest BCUT2D eigenvalue weighted by Gasteiger charge is 2.45. The van der Waals surface area contributed by atoms with Crippen LogP contribution in [0.15, 0.2) is 90.0 Å². The Kier molecular flexibility index (Phi) is 14.5. The molecule has 0 bridgehead atoms. The second-order valence-electron chi connectivity index (χ2n) is 16.7. The summed E-state index contributed by atoms with van der Waals surface area (Å²) in [5, 5.41) is 32.1. The SMILES string of the molecule is COc1ccc(CCNC(=O)[C@H](CC[C@H](CNCc2ccccc2)C[C@H]2O[C@@H](n3cnc4c(N)ncnc43)C(O)C2O)NC(=O)CC(C)(C)C2=C(C)CC(C)=CC2=O)cc1. The Labute approximate surface area is 350 Å². The molecule has 0 saturated carbocycles. The van der Waals surface area contributed by atoms with Gasteiger partial charge in [0.05, 0.1) is 19.5 Å². The zero-order valence-corrected chi connectivity index (χ0v) is 35.1. The third-order valence-corrected chi connectivity index (χ3v) is 11.4. The second kappa shape index (κ2) is 19.7. The average Bonchev–Trinajstić information content (AvgIpc) is 3.76. The molecule has 4 aromatic rings. The maximum absolute atomic E-state index is 14.0. The maximum Gasteiger partial charge on any atom is 0.242 e. The van der Waals surface area contributed by atoms with Gasteiger partial charge in [-0.05, 0) is 87.7 Å². The number of nitrogens with one attached hydrogen (secondary N) is 3. The number of allylic oxidation sites excluding steroid dienone is 4. The summed E-state index contributed by atoms with van der Waals surface area (Å²) in [5.41, 5.74) is 10.6. The number of hydrogen-bond donors (Lipinski definition) is 6. The first-order valence-corrected chi connectivity index (χ1v) is 20.5. The third-order valence-electron chi connectivity index (χ3n) is 11.4. The molecule has 1 saturated heterocycles. The third kappa shape index (κ3) is 10.8. The first-order chi connectivity index (χ1) is 28.7. The average molecular weight is 823 g/mol. The van der Waals surface area contributed by atoms with Gasteiger partial charge in [0, 0.05) is 30.5 Å². The number of nitrogen functional groups attached to an aromatic ring is 1. The van der Waals surface area contributed by atoms with Crippen molar-refractivity contribution in [2.45, 2.75) is 103 Å². The predicted molar refractivity (Wildman–Crippen MR) is 227 cm³/mol. The molecule has 60 heavy (non-hydrogen) atoms. The van der Waals surface area contributed by atoms with Crippen molar-refractivity contribution in [1.29, 1.82) is 0 Å². The molecule has 1 aliphatic heterocycles. The van der Waals surface area contributed by atoms with Gasteiger partial charge < -0.3 is 41.4 Å². The maximum atomic E-state index is 14.0. The number of carbonyl (C=O) groups is 3. The van der Waals surface area contributed by atoms with Crippen molar-refractivity contribution in [3.63, 3.8) is 0 Å². The van der Waals surface area contributed by atoms with Crippen LogP contribution in [-0.2, 0) is 32.1 Å². The van der Waals surface area contributed by atoms with E-state index in [-0.39, 0.29) is 42.2 Å². The number of rotatable bonds is 19. The summed E-state index contributed by atoms with van der Waals surface area (Å²) in [6.45, 7) is 9.06. The molecule has 2 aromatic heterocycles. The number of nitrogens with two attached hydrogens (primary N) is 1. The number of anilines is 1. The summed E-state index contributed by atoms with van der Waals surface area (Å²) in [5.74, 6) is 0.00584. The second-order valence-corrected chi connectivity index (χ2v) is 16.7. The highest BCUT2D eigenvalue weighted by molar-refractivity contribution is 6.07. The smallest absolute Gasteiger partial charge is 0.242 e. The van der Waals surface area contributed by atoms with E-state index in [1.807, 2.05) is 82.3 Å². The van der Waals surface area contributed by atoms with Gasteiger partial charge in [-0.3, -0.25) is 19.0 Å². The van der Waals surface area contributed by atoms with E-state index in [1.165, 1.54) is 12.7 Å². The molecule has 1 aliphatic carbocycles. The van der Waals surface area contributed by atoms with Gasteiger partial charge in [-0.25, -0.2) is 15.0 Å². The number of methoxy groups -OCH3 is 1. The van der Waals surface area contributed by atoms with Gasteiger partial charge in [0.1, 0.15) is 35.8 Å². The highest BCUT2D eigenvalue weighted by Crippen LogP contribution is 2.38. The van der Waals surface area contributed by atoms with Gasteiger partial charge in [0.2, 0.25) is 11.8 Å². The fraction of sp³-hybridized carbons (Fsp3) is 0.467. The Hall–Kier alpha value is -5.48. The molecular weight excluding hydrogens is 765 g/mol. The van der Waals surface area contributed by atoms with E-state index < -0.39 is 36.0 Å². The fourth-order valence-corrected chi connectivity index (χ4v) is 8.49. The lowest BCUT2D eigenvalue weighted by atomic mass is 9.73. The topological polar surface area (TPSA) is 216 Å². The van der Waals surface area contributed by atoms with Crippen molar-refractivity contribution in [1.82, 2.24) is 35.5 Å². The summed E-state index contributed by atoms with van der Waals surface area (Å²) in [6.07, 6.45) is 2.43. The van der Waals surface area contributed by atoms with Crippen LogP contribution in [0.1, 0.15) is 77.2 Å². The lowest BCUT2D eigenvalue weighted by molar-refractivity contribution is -0.130. The van der Waals surface area contributed by atoms with Crippen LogP contribution < -0.4 is 26.4 Å². The molecule has 2 aromatic carbocycles. The summed E-state index contributed by atoms with van der Waals surface area (Å²) in [7, 11) is 1.61. The van der Waals surface area contributed by atoms with Gasteiger partial charge in [0.15, 0.2) is 23.5 Å². The van der Waals surface area contributed by atoms with E-state index >= 15 is 0 Å². The Bertz CT molecular complexity index is 2190. The Morgan fingerprint density at radius 3 is 2.48 bits per heavy atom. The Balaban J connectivity index is 1.18. The minimum Gasteiger partial charge on any atom is -0.497 e. The summed E-state index contributed by atoms with van der Waals surface area (Å²) < 4.78 is 13.2. The molecule has 15 heteroatoms. The molecular formula is C45H58N8O7. The quantitative estimate of drug-likeness (QED) is 0.0789. The van der Waals surface area contributed by atoms with Crippen molar-refractivity contribution < 1.29 is 34.1 Å². The molecule has 2 unspecified atom stereocenters. The van der Waals surface area contributed by atoms with Crippen LogP contribution in [0.2, 0.25) is 0 Å². The van der Waals surface area contributed by atoms with Crippen LogP contribution in [0.25, 0.3) is 11.2 Å². The first-order valence-electron chi connectivity index (χ1n) is 20.5. The van der Waals surface area contributed by atoms with Crippen LogP contribution >= 0.6 is 0 Å². The van der Waals surface area contributed by atoms with Crippen LogP contribution in [0.3, 0.4) is 0 Å². The molecule has 6 atom stereocenters. The van der Waals surface area contributed by atoms with Gasteiger partial charge in [-0.15, -0.1) is 0 Å². The lowest BCUT2D eigenvalue weighted by Gasteiger charge is -2.31. The van der Waals surface area contributed by atoms with Gasteiger partial charge in [-0.2, -0.15) is 0 Å². The van der Waals surface area contributed by atoms with E-state index in [2.05, 4.69) is 30.9 Å². The van der Waals surface area contributed by atoms with Crippen molar-refractivity contribution in [2.75, 3.05) is 25.9 Å². The number of benzene rings is 2. The molecule has 320 valence electrons. The largest absolute Gasteiger partial charge is 0.497 e. The lowest BCUT2D eigenvalue weighted by Crippen LogP contribution is -2.48. The minimum absolute atomic E-state index is 0.0108. The van der Waals surface area contributed by atoms with Crippen LogP contribution in [0.4, 0.5) is 5.82 Å². The summed E-state index contributed by atoms with van der Waals surface area (Å²) in [4.78, 5) is 53.6. The van der Waals surface area contributed by atoms with Crippen LogP contribution in [-0.4, -0.2) is 91.9 Å². The number of aliphatic hydroxyl groups is 2. The monoisotopic (exact) mass is 822 g/mol. The van der Waals surface area contributed by atoms with E-state index in [9.17, 15) is 24.6 Å². The van der Waals surface area contributed by atoms with E-state index in [0.29, 0.717) is 62.1 Å². The molecule has 2 aliphatic rings. The fourth-order valence-electron chi connectivity index (χ4n) is 8.49. The number of aromatic nitrogens is 4. The van der Waals surface area contributed by atoms with Crippen molar-refractivity contribution in [3.8, 4) is 5.75 Å². The predicted octanol–water partition coefficient (Wildman–Crippen LogP) is 4.11. The number of imidazole rings is 1. The molecule has 6 rings (SSSR count). The number of fused-ring (bicyclic) bond motifs is 1. The van der Waals surface area contributed by atoms with E-state index in [4.69, 9.17) is 15.2 Å². The van der Waals surface area contributed by atoms with Gasteiger partial charge in [-0.1, -0.05) is 67.5 Å². The van der Waals surface area contributed by atoms with Gasteiger partial charge >= 0.3 is 0 Å². The molecule has 3 heterocycles. The number of carbonyl (C=O) groups excluding carboxylic acids is 3. The molecule has 0 spiro atoms. The minimum atomic E-state index is -1.29. The number of ketones is 1. The number of ether oxygens (including phenoxy) is 2. The van der Waals surface area contributed by atoms with Crippen molar-refractivity contribution in [3.05, 3.63) is 101 Å². The molecule has 7 N–H and O–H groups in total. The number of aliphatic hydroxyl groups excluding tert-OH is 2. The molecule has 0 radical (unpaired) electrons. The Morgan fingerprint density at radius 2 is 1.77 bits per heavy atom. The Morgan fingerprint density at radius 1 is 1.02 bits per heavy atom. The van der Waals surface area contributed by atoms with Crippen LogP contribution in [0, 0.1) is 11.3 Å². The van der Waals surface area contributed by atoms with Crippen molar-refractivity contribution in [2.24, 2.45) is 11.3 Å². The number of amides is 2. The highest BCUT2D eigenvalue weighted by atomic mass is 16.6. The summed E-state index contributed by atoms with van der Waals surface area (Å²) >= 11 is 0. The molecule has 15 nitrogen and oxygen atoms in total. The van der Waals surface area contributed by atoms with Crippen molar-refractivity contribution >= 4 is 34.6 Å². The molecule has 2 amide bonds. The normalized spacial score (nSPS) is 20.5. The number of nitrogens with zero attached hydrogens (tertiary/aromatic N) is 4. The zero-order chi connectivity index (χ0) is 43.0.